The van der Waals surface area contributed by atoms with Crippen LogP contribution < -0.4 is 10.1 Å². The molecule has 0 fully saturated rings. The molecule has 1 aromatic carbocycles. The minimum atomic E-state index is -0.523. The maximum atomic E-state index is 11.6. The first-order valence-electron chi connectivity index (χ1n) is 6.16. The molecule has 0 aliphatic carbocycles. The molecular formula is C14H20N2O3S. The monoisotopic (exact) mass is 296 g/mol. The highest BCUT2D eigenvalue weighted by molar-refractivity contribution is 7.80. The van der Waals surface area contributed by atoms with Gasteiger partial charge in [-0.15, -0.1) is 0 Å². The lowest BCUT2D eigenvalue weighted by atomic mass is 10.2. The zero-order valence-electron chi connectivity index (χ0n) is 12.4. The van der Waals surface area contributed by atoms with Crippen molar-refractivity contribution >= 4 is 29.2 Å². The molecule has 0 heterocycles. The number of nitrogens with zero attached hydrogens (tertiary/aromatic N) is 1. The van der Waals surface area contributed by atoms with Crippen molar-refractivity contribution in [3.63, 3.8) is 0 Å². The van der Waals surface area contributed by atoms with E-state index in [1.807, 2.05) is 20.8 Å². The van der Waals surface area contributed by atoms with Crippen LogP contribution in [0.3, 0.4) is 0 Å². The van der Waals surface area contributed by atoms with E-state index in [2.05, 4.69) is 5.32 Å². The Balaban J connectivity index is 2.59. The highest BCUT2D eigenvalue weighted by Crippen LogP contribution is 2.17. The molecule has 5 nitrogen and oxygen atoms in total. The number of carbonyl (C=O) groups is 1. The zero-order valence-corrected chi connectivity index (χ0v) is 13.2. The number of nitrogens with one attached hydrogen (secondary N) is 1. The molecule has 6 heteroatoms. The average molecular weight is 296 g/mol. The minimum absolute atomic E-state index is 0.373. The van der Waals surface area contributed by atoms with Crippen molar-refractivity contribution in [1.29, 1.82) is 0 Å². The van der Waals surface area contributed by atoms with Gasteiger partial charge in [0, 0.05) is 19.8 Å². The molecule has 0 unspecified atom stereocenters. The maximum Gasteiger partial charge on any atom is 0.412 e. The largest absolute Gasteiger partial charge is 0.444 e. The van der Waals surface area contributed by atoms with Gasteiger partial charge in [0.2, 0.25) is 0 Å². The standard InChI is InChI=1S/C14H20N2O3S/c1-14(2,3)19-12(17)15-10-6-8-11(9-7-10)18-13(20)16(4)5/h6-9H,1-5H3,(H,15,17). The van der Waals surface area contributed by atoms with Crippen molar-refractivity contribution in [2.75, 3.05) is 19.4 Å². The number of carbonyl (C=O) groups excluding carboxylic acids is 1. The van der Waals surface area contributed by atoms with Crippen LogP contribution in [0.15, 0.2) is 24.3 Å². The molecule has 0 saturated heterocycles. The van der Waals surface area contributed by atoms with Gasteiger partial charge in [0.1, 0.15) is 11.4 Å². The van der Waals surface area contributed by atoms with E-state index in [9.17, 15) is 4.79 Å². The molecule has 110 valence electrons. The Labute approximate surface area is 124 Å². The Bertz CT molecular complexity index is 478. The molecule has 0 bridgehead atoms. The maximum absolute atomic E-state index is 11.6. The lowest BCUT2D eigenvalue weighted by Crippen LogP contribution is -2.27. The fourth-order valence-corrected chi connectivity index (χ4v) is 1.32. The van der Waals surface area contributed by atoms with E-state index < -0.39 is 11.7 Å². The first-order valence-corrected chi connectivity index (χ1v) is 6.57. The first-order chi connectivity index (χ1) is 9.17. The van der Waals surface area contributed by atoms with Gasteiger partial charge in [-0.2, -0.15) is 0 Å². The lowest BCUT2D eigenvalue weighted by molar-refractivity contribution is 0.0636. The van der Waals surface area contributed by atoms with E-state index in [0.717, 1.165) is 0 Å². The summed E-state index contributed by atoms with van der Waals surface area (Å²) < 4.78 is 10.6. The Morgan fingerprint density at radius 2 is 1.75 bits per heavy atom. The van der Waals surface area contributed by atoms with E-state index >= 15 is 0 Å². The number of benzene rings is 1. The van der Waals surface area contributed by atoms with Gasteiger partial charge in [-0.3, -0.25) is 5.32 Å². The number of amides is 1. The first kappa shape index (κ1) is 16.2. The summed E-state index contributed by atoms with van der Waals surface area (Å²) in [6.07, 6.45) is -0.491. The second-order valence-electron chi connectivity index (χ2n) is 5.41. The summed E-state index contributed by atoms with van der Waals surface area (Å²) in [6, 6.07) is 6.89. The van der Waals surface area contributed by atoms with Crippen LogP contribution in [-0.4, -0.2) is 35.9 Å². The smallest absolute Gasteiger partial charge is 0.412 e. The van der Waals surface area contributed by atoms with Gasteiger partial charge in [-0.1, -0.05) is 0 Å². The van der Waals surface area contributed by atoms with Gasteiger partial charge in [0.05, 0.1) is 0 Å². The molecule has 0 saturated carbocycles. The van der Waals surface area contributed by atoms with Crippen LogP contribution in [0.1, 0.15) is 20.8 Å². The van der Waals surface area contributed by atoms with Crippen LogP contribution in [0, 0.1) is 0 Å². The van der Waals surface area contributed by atoms with E-state index in [0.29, 0.717) is 16.6 Å². The fraction of sp³-hybridized carbons (Fsp3) is 0.429. The summed E-state index contributed by atoms with van der Waals surface area (Å²) in [7, 11) is 3.61. The van der Waals surface area contributed by atoms with Crippen LogP contribution in [0.2, 0.25) is 0 Å². The van der Waals surface area contributed by atoms with Crippen LogP contribution in [0.5, 0.6) is 5.75 Å². The normalized spacial score (nSPS) is 10.7. The molecule has 0 aliphatic heterocycles. The van der Waals surface area contributed by atoms with Crippen molar-refractivity contribution < 1.29 is 14.3 Å². The topological polar surface area (TPSA) is 50.8 Å². The minimum Gasteiger partial charge on any atom is -0.444 e. The van der Waals surface area contributed by atoms with Gasteiger partial charge in [-0.05, 0) is 57.3 Å². The SMILES string of the molecule is CN(C)C(=S)Oc1ccc(NC(=O)OC(C)(C)C)cc1. The van der Waals surface area contributed by atoms with Crippen molar-refractivity contribution in [3.05, 3.63) is 24.3 Å². The van der Waals surface area contributed by atoms with Crippen LogP contribution in [-0.2, 0) is 4.74 Å². The van der Waals surface area contributed by atoms with Gasteiger partial charge >= 0.3 is 6.09 Å². The molecule has 0 spiro atoms. The summed E-state index contributed by atoms with van der Waals surface area (Å²) >= 11 is 5.04. The van der Waals surface area contributed by atoms with Crippen LogP contribution in [0.25, 0.3) is 0 Å². The van der Waals surface area contributed by atoms with E-state index in [4.69, 9.17) is 21.7 Å². The third kappa shape index (κ3) is 5.88. The Morgan fingerprint density at radius 1 is 1.20 bits per heavy atom. The Kier molecular flexibility index (Phi) is 5.33. The molecule has 1 rings (SSSR count). The third-order valence-corrected chi connectivity index (χ3v) is 2.52. The number of rotatable bonds is 2. The summed E-state index contributed by atoms with van der Waals surface area (Å²) in [5.41, 5.74) is 0.104. The Hall–Kier alpha value is -1.82. The second-order valence-corrected chi connectivity index (χ2v) is 5.76. The molecule has 0 aliphatic rings. The zero-order chi connectivity index (χ0) is 15.3. The quantitative estimate of drug-likeness (QED) is 0.849. The van der Waals surface area contributed by atoms with Crippen LogP contribution in [0.4, 0.5) is 10.5 Å². The fourth-order valence-electron chi connectivity index (χ4n) is 1.22. The summed E-state index contributed by atoms with van der Waals surface area (Å²) in [5.74, 6) is 0.610. The van der Waals surface area contributed by atoms with Gasteiger partial charge < -0.3 is 14.4 Å². The summed E-state index contributed by atoms with van der Waals surface area (Å²) in [5, 5.41) is 3.01. The predicted molar refractivity (Wildman–Crippen MR) is 83.2 cm³/mol. The summed E-state index contributed by atoms with van der Waals surface area (Å²) in [4.78, 5) is 13.3. The number of hydrogen-bond donors (Lipinski definition) is 1. The average Bonchev–Trinajstić information content (AvgIpc) is 2.28. The molecule has 0 atom stereocenters. The van der Waals surface area contributed by atoms with Crippen LogP contribution >= 0.6 is 12.2 Å². The van der Waals surface area contributed by atoms with Crippen molar-refractivity contribution in [3.8, 4) is 5.75 Å². The lowest BCUT2D eigenvalue weighted by Gasteiger charge is -2.19. The number of anilines is 1. The predicted octanol–water partition coefficient (Wildman–Crippen LogP) is 3.26. The van der Waals surface area contributed by atoms with E-state index in [1.165, 1.54) is 0 Å². The number of ether oxygens (including phenoxy) is 2. The van der Waals surface area contributed by atoms with E-state index in [-0.39, 0.29) is 0 Å². The number of hydrogen-bond acceptors (Lipinski definition) is 4. The van der Waals surface area contributed by atoms with Gasteiger partial charge in [-0.25, -0.2) is 4.79 Å². The Morgan fingerprint density at radius 3 is 2.20 bits per heavy atom. The molecular weight excluding hydrogens is 276 g/mol. The molecule has 0 radical (unpaired) electrons. The summed E-state index contributed by atoms with van der Waals surface area (Å²) in [6.45, 7) is 5.43. The molecule has 20 heavy (non-hydrogen) atoms. The van der Waals surface area contributed by atoms with Crippen molar-refractivity contribution in [1.82, 2.24) is 4.90 Å². The number of thiocarbonyl (C=S) groups is 1. The second kappa shape index (κ2) is 6.56. The third-order valence-electron chi connectivity index (χ3n) is 2.07. The molecule has 0 aromatic heterocycles. The molecule has 1 N–H and O–H groups in total. The van der Waals surface area contributed by atoms with Crippen molar-refractivity contribution in [2.24, 2.45) is 0 Å². The van der Waals surface area contributed by atoms with Gasteiger partial charge in [0.15, 0.2) is 0 Å². The van der Waals surface area contributed by atoms with Gasteiger partial charge in [0.25, 0.3) is 5.17 Å². The van der Waals surface area contributed by atoms with Crippen molar-refractivity contribution in [2.45, 2.75) is 26.4 Å². The highest BCUT2D eigenvalue weighted by Gasteiger charge is 2.16. The molecule has 1 aromatic rings. The molecule has 1 amide bonds. The highest BCUT2D eigenvalue weighted by atomic mass is 32.1. The van der Waals surface area contributed by atoms with E-state index in [1.54, 1.807) is 43.3 Å².